The van der Waals surface area contributed by atoms with Crippen LogP contribution in [0.1, 0.15) is 43.9 Å². The third kappa shape index (κ3) is 5.29. The van der Waals surface area contributed by atoms with Crippen LogP contribution in [0.5, 0.6) is 0 Å². The van der Waals surface area contributed by atoms with Gasteiger partial charge in [0.1, 0.15) is 11.9 Å². The summed E-state index contributed by atoms with van der Waals surface area (Å²) in [6.07, 6.45) is -0.638. The molecule has 0 bridgehead atoms. The molecule has 0 aliphatic carbocycles. The molecule has 1 aromatic carbocycles. The minimum Gasteiger partial charge on any atom is -0.492 e. The number of rotatable bonds is 5. The summed E-state index contributed by atoms with van der Waals surface area (Å²) in [6, 6.07) is 3.32. The van der Waals surface area contributed by atoms with Crippen molar-refractivity contribution in [2.75, 3.05) is 25.5 Å². The zero-order valence-electron chi connectivity index (χ0n) is 15.6. The Morgan fingerprint density at radius 2 is 2.11 bits per heavy atom. The zero-order chi connectivity index (χ0) is 19.6. The number of ether oxygens (including phenoxy) is 2. The van der Waals surface area contributed by atoms with Crippen molar-refractivity contribution in [2.45, 2.75) is 45.0 Å². The molecule has 0 saturated carbocycles. The van der Waals surface area contributed by atoms with Crippen molar-refractivity contribution in [3.05, 3.63) is 41.3 Å². The molecular formula is C19H26F3N3O2. The lowest BCUT2D eigenvalue weighted by Crippen LogP contribution is -2.44. The van der Waals surface area contributed by atoms with E-state index < -0.39 is 11.7 Å². The number of allylic oxidation sites excluding steroid dienone is 1. The first-order chi connectivity index (χ1) is 12.7. The average molecular weight is 385 g/mol. The molecule has 5 nitrogen and oxygen atoms in total. The van der Waals surface area contributed by atoms with E-state index in [1.54, 1.807) is 6.07 Å². The van der Waals surface area contributed by atoms with E-state index in [0.717, 1.165) is 43.9 Å². The van der Waals surface area contributed by atoms with Crippen LogP contribution in [0, 0.1) is 5.92 Å². The maximum Gasteiger partial charge on any atom is 0.416 e. The fourth-order valence-electron chi connectivity index (χ4n) is 3.59. The summed E-state index contributed by atoms with van der Waals surface area (Å²) in [6.45, 7) is 5.86. The number of benzene rings is 1. The van der Waals surface area contributed by atoms with Crippen LogP contribution in [0.3, 0.4) is 0 Å². The number of nitrogen functional groups attached to an aromatic ring is 1. The lowest BCUT2D eigenvalue weighted by atomic mass is 10.00. The first-order valence-electron chi connectivity index (χ1n) is 9.14. The number of nitrogens with one attached hydrogen (secondary N) is 1. The second kappa shape index (κ2) is 7.98. The molecule has 0 amide bonds. The Bertz CT molecular complexity index is 687. The summed E-state index contributed by atoms with van der Waals surface area (Å²) < 4.78 is 50.5. The van der Waals surface area contributed by atoms with Gasteiger partial charge in [-0.1, -0.05) is 0 Å². The molecule has 0 spiro atoms. The maximum atomic E-state index is 13.0. The van der Waals surface area contributed by atoms with Gasteiger partial charge in [0.15, 0.2) is 0 Å². The Hall–Kier alpha value is -1.93. The van der Waals surface area contributed by atoms with Gasteiger partial charge in [-0.05, 0) is 56.4 Å². The number of hydrogen-bond acceptors (Lipinski definition) is 5. The molecule has 0 aromatic heterocycles. The summed E-state index contributed by atoms with van der Waals surface area (Å²) >= 11 is 0. The summed E-state index contributed by atoms with van der Waals surface area (Å²) in [5.74, 6) is 1.26. The second-order valence-electron chi connectivity index (χ2n) is 7.33. The van der Waals surface area contributed by atoms with Crippen molar-refractivity contribution >= 4 is 5.69 Å². The highest BCUT2D eigenvalue weighted by atomic mass is 19.4. The molecule has 1 fully saturated rings. The Labute approximate surface area is 157 Å². The van der Waals surface area contributed by atoms with Crippen molar-refractivity contribution in [3.8, 4) is 0 Å². The van der Waals surface area contributed by atoms with Gasteiger partial charge in [-0.2, -0.15) is 13.2 Å². The van der Waals surface area contributed by atoms with Gasteiger partial charge in [0.25, 0.3) is 0 Å². The van der Waals surface area contributed by atoms with Crippen molar-refractivity contribution in [3.63, 3.8) is 0 Å². The number of nitrogens with two attached hydrogens (primary N) is 1. The summed E-state index contributed by atoms with van der Waals surface area (Å²) in [5, 5.41) is 1.89. The van der Waals surface area contributed by atoms with Gasteiger partial charge in [-0.25, -0.2) is 5.43 Å². The standard InChI is InChI=1S/C19H26F3N3O2/c1-12-9-25(10-18(27-12)5-14-3-4-26-11-14)24-13(2)15-6-16(19(20,21)22)8-17(23)7-15/h6-9,13-14,18,24H,3-5,10-11,23H2,1-2H3/t13-,14?,18?/m1/s1. The molecule has 2 aliphatic heterocycles. The first-order valence-corrected chi connectivity index (χ1v) is 9.14. The maximum absolute atomic E-state index is 13.0. The third-order valence-corrected chi connectivity index (χ3v) is 4.88. The largest absolute Gasteiger partial charge is 0.492 e. The van der Waals surface area contributed by atoms with E-state index in [4.69, 9.17) is 15.2 Å². The smallest absolute Gasteiger partial charge is 0.416 e. The molecular weight excluding hydrogens is 359 g/mol. The lowest BCUT2D eigenvalue weighted by Gasteiger charge is -2.35. The Morgan fingerprint density at radius 3 is 2.78 bits per heavy atom. The fraction of sp³-hybridized carbons (Fsp3) is 0.579. The molecule has 150 valence electrons. The normalized spacial score (nSPS) is 24.5. The van der Waals surface area contributed by atoms with Crippen LogP contribution in [-0.2, 0) is 15.7 Å². The highest BCUT2D eigenvalue weighted by molar-refractivity contribution is 5.46. The molecule has 8 heteroatoms. The number of nitrogens with zero attached hydrogens (tertiary/aromatic N) is 1. The Morgan fingerprint density at radius 1 is 1.33 bits per heavy atom. The van der Waals surface area contributed by atoms with Gasteiger partial charge in [-0.15, -0.1) is 0 Å². The van der Waals surface area contributed by atoms with Crippen LogP contribution in [0.2, 0.25) is 0 Å². The highest BCUT2D eigenvalue weighted by Gasteiger charge is 2.32. The van der Waals surface area contributed by atoms with Crippen LogP contribution in [0.15, 0.2) is 30.2 Å². The van der Waals surface area contributed by atoms with E-state index in [0.29, 0.717) is 18.0 Å². The molecule has 2 aliphatic rings. The highest BCUT2D eigenvalue weighted by Crippen LogP contribution is 2.33. The van der Waals surface area contributed by atoms with E-state index in [1.807, 2.05) is 25.1 Å². The minimum atomic E-state index is -4.42. The molecule has 3 rings (SSSR count). The quantitative estimate of drug-likeness (QED) is 0.754. The zero-order valence-corrected chi connectivity index (χ0v) is 15.6. The van der Waals surface area contributed by atoms with E-state index >= 15 is 0 Å². The summed E-state index contributed by atoms with van der Waals surface area (Å²) in [7, 11) is 0. The molecule has 3 N–H and O–H groups in total. The molecule has 27 heavy (non-hydrogen) atoms. The van der Waals surface area contributed by atoms with Gasteiger partial charge >= 0.3 is 6.18 Å². The van der Waals surface area contributed by atoms with Crippen molar-refractivity contribution < 1.29 is 22.6 Å². The molecule has 0 radical (unpaired) electrons. The predicted octanol–water partition coefficient (Wildman–Crippen LogP) is 3.84. The summed E-state index contributed by atoms with van der Waals surface area (Å²) in [5.41, 5.74) is 8.77. The van der Waals surface area contributed by atoms with Crippen molar-refractivity contribution in [1.82, 2.24) is 10.4 Å². The van der Waals surface area contributed by atoms with Crippen LogP contribution in [-0.4, -0.2) is 30.9 Å². The van der Waals surface area contributed by atoms with E-state index in [9.17, 15) is 13.2 Å². The van der Waals surface area contributed by atoms with E-state index in [1.165, 1.54) is 0 Å². The third-order valence-electron chi connectivity index (χ3n) is 4.88. The van der Waals surface area contributed by atoms with E-state index in [-0.39, 0.29) is 17.8 Å². The van der Waals surface area contributed by atoms with Gasteiger partial charge in [0.2, 0.25) is 0 Å². The van der Waals surface area contributed by atoms with Gasteiger partial charge in [0, 0.05) is 24.9 Å². The van der Waals surface area contributed by atoms with Gasteiger partial charge in [-0.3, -0.25) is 0 Å². The molecule has 3 atom stereocenters. The van der Waals surface area contributed by atoms with Crippen LogP contribution in [0.4, 0.5) is 18.9 Å². The molecule has 2 unspecified atom stereocenters. The number of anilines is 1. The molecule has 1 aromatic rings. The predicted molar refractivity (Wildman–Crippen MR) is 96.3 cm³/mol. The summed E-state index contributed by atoms with van der Waals surface area (Å²) in [4.78, 5) is 0. The number of alkyl halides is 3. The van der Waals surface area contributed by atoms with Gasteiger partial charge in [0.05, 0.1) is 18.3 Å². The number of hydrogen-bond donors (Lipinski definition) is 2. The first kappa shape index (κ1) is 19.8. The Balaban J connectivity index is 1.66. The van der Waals surface area contributed by atoms with Crippen LogP contribution < -0.4 is 11.2 Å². The van der Waals surface area contributed by atoms with Crippen molar-refractivity contribution in [1.29, 1.82) is 0 Å². The average Bonchev–Trinajstić information content (AvgIpc) is 3.05. The lowest BCUT2D eigenvalue weighted by molar-refractivity contribution is -0.137. The molecule has 1 saturated heterocycles. The monoisotopic (exact) mass is 385 g/mol. The van der Waals surface area contributed by atoms with Gasteiger partial charge < -0.3 is 20.2 Å². The van der Waals surface area contributed by atoms with E-state index in [2.05, 4.69) is 5.43 Å². The second-order valence-corrected chi connectivity index (χ2v) is 7.33. The fourth-order valence-corrected chi connectivity index (χ4v) is 3.59. The van der Waals surface area contributed by atoms with Crippen LogP contribution in [0.25, 0.3) is 0 Å². The molecule has 2 heterocycles. The SMILES string of the molecule is CC1=CN(N[C@H](C)c2cc(N)cc(C(F)(F)F)c2)CC(CC2CCOC2)O1. The number of halogens is 3. The topological polar surface area (TPSA) is 59.8 Å². The van der Waals surface area contributed by atoms with Crippen molar-refractivity contribution in [2.24, 2.45) is 5.92 Å². The number of hydrazine groups is 1. The minimum absolute atomic E-state index is 0.0213. The Kier molecular flexibility index (Phi) is 5.86. The van der Waals surface area contributed by atoms with Crippen LogP contribution >= 0.6 is 0 Å².